The molecule has 1 amide bonds. The van der Waals surface area contributed by atoms with Crippen LogP contribution in [-0.4, -0.2) is 45.0 Å². The number of carbonyl (C=O) groups excluding carboxylic acids is 1. The predicted molar refractivity (Wildman–Crippen MR) is 81.7 cm³/mol. The van der Waals surface area contributed by atoms with Gasteiger partial charge >= 0.3 is 0 Å². The number of carbonyl (C=O) groups is 1. The highest BCUT2D eigenvalue weighted by atomic mass is 32.1. The van der Waals surface area contributed by atoms with Crippen LogP contribution in [0, 0.1) is 0 Å². The largest absolute Gasteiger partial charge is 0.395 e. The Balaban J connectivity index is 1.95. The molecule has 3 heterocycles. The Morgan fingerprint density at radius 2 is 2.35 bits per heavy atom. The first-order valence-corrected chi connectivity index (χ1v) is 8.19. The molecule has 0 aromatic carbocycles. The van der Waals surface area contributed by atoms with Crippen molar-refractivity contribution in [2.75, 3.05) is 19.7 Å². The van der Waals surface area contributed by atoms with E-state index in [4.69, 9.17) is 5.11 Å². The van der Waals surface area contributed by atoms with E-state index in [1.54, 1.807) is 16.2 Å². The second-order valence-electron chi connectivity index (χ2n) is 4.48. The monoisotopic (exact) mass is 309 g/mol. The molecule has 3 aromatic heterocycles. The van der Waals surface area contributed by atoms with E-state index in [-0.39, 0.29) is 12.5 Å². The Morgan fingerprint density at radius 3 is 3.10 bits per heavy atom. The Kier molecular flexibility index (Phi) is 3.73. The van der Waals surface area contributed by atoms with Crippen molar-refractivity contribution in [3.8, 4) is 0 Å². The molecule has 0 bridgehead atoms. The lowest BCUT2D eigenvalue weighted by Gasteiger charge is -2.19. The van der Waals surface area contributed by atoms with E-state index in [1.807, 2.05) is 29.0 Å². The van der Waals surface area contributed by atoms with Crippen molar-refractivity contribution in [1.82, 2.24) is 14.3 Å². The summed E-state index contributed by atoms with van der Waals surface area (Å²) in [6.07, 6.45) is 2.85. The number of hydrogen-bond acceptors (Lipinski definition) is 5. The number of fused-ring (bicyclic) bond motifs is 3. The summed E-state index contributed by atoms with van der Waals surface area (Å²) in [5.41, 5.74) is 0.982. The zero-order chi connectivity index (χ0) is 14.1. The summed E-state index contributed by atoms with van der Waals surface area (Å²) >= 11 is 3.00. The average molecular weight is 309 g/mol. The smallest absolute Gasteiger partial charge is 0.264 e. The van der Waals surface area contributed by atoms with Crippen LogP contribution < -0.4 is 0 Å². The second-order valence-corrected chi connectivity index (χ2v) is 6.39. The molecule has 0 saturated heterocycles. The molecule has 5 nitrogen and oxygen atoms in total. The van der Waals surface area contributed by atoms with Crippen LogP contribution in [0.3, 0.4) is 0 Å². The van der Waals surface area contributed by atoms with Crippen LogP contribution in [0.2, 0.25) is 0 Å². The second kappa shape index (κ2) is 5.51. The van der Waals surface area contributed by atoms with E-state index < -0.39 is 0 Å². The normalized spacial score (nSPS) is 11.5. The van der Waals surface area contributed by atoms with Gasteiger partial charge in [0, 0.05) is 24.7 Å². The van der Waals surface area contributed by atoms with E-state index in [9.17, 15) is 4.79 Å². The fourth-order valence-corrected chi connectivity index (χ4v) is 3.98. The molecule has 1 N–H and O–H groups in total. The van der Waals surface area contributed by atoms with Crippen LogP contribution in [0.1, 0.15) is 23.0 Å². The van der Waals surface area contributed by atoms with Crippen LogP contribution in [0.4, 0.5) is 0 Å². The summed E-state index contributed by atoms with van der Waals surface area (Å²) in [6.45, 7) is 3.05. The molecular weight excluding hydrogens is 294 g/mol. The summed E-state index contributed by atoms with van der Waals surface area (Å²) < 4.78 is 2.00. The lowest BCUT2D eigenvalue weighted by atomic mass is 10.3. The quantitative estimate of drug-likeness (QED) is 0.787. The molecule has 7 heteroatoms. The molecule has 0 fully saturated rings. The van der Waals surface area contributed by atoms with Crippen molar-refractivity contribution in [3.63, 3.8) is 0 Å². The summed E-state index contributed by atoms with van der Waals surface area (Å²) in [4.78, 5) is 21.2. The maximum atomic E-state index is 12.5. The predicted octanol–water partition coefficient (Wildman–Crippen LogP) is 2.46. The molecule has 0 saturated carbocycles. The zero-order valence-corrected chi connectivity index (χ0v) is 12.7. The summed E-state index contributed by atoms with van der Waals surface area (Å²) in [5, 5.41) is 11.0. The van der Waals surface area contributed by atoms with Crippen LogP contribution in [0.25, 0.3) is 15.3 Å². The maximum Gasteiger partial charge on any atom is 0.264 e. The van der Waals surface area contributed by atoms with Gasteiger partial charge in [0.05, 0.1) is 17.0 Å². The van der Waals surface area contributed by atoms with Crippen molar-refractivity contribution in [2.45, 2.75) is 13.3 Å². The first-order chi connectivity index (χ1) is 9.74. The van der Waals surface area contributed by atoms with Crippen molar-refractivity contribution >= 4 is 43.9 Å². The number of aromatic nitrogens is 2. The molecule has 0 atom stereocenters. The van der Waals surface area contributed by atoms with E-state index >= 15 is 0 Å². The molecule has 0 aliphatic carbocycles. The number of aliphatic hydroxyl groups is 1. The van der Waals surface area contributed by atoms with E-state index in [1.165, 1.54) is 11.3 Å². The Morgan fingerprint density at radius 1 is 1.50 bits per heavy atom. The molecule has 0 spiro atoms. The SMILES string of the molecule is CCCN(CCO)C(=O)c1cc2c(nc3sccn32)s1. The number of aliphatic hydroxyl groups excluding tert-OH is 1. The lowest BCUT2D eigenvalue weighted by Crippen LogP contribution is -2.33. The molecule has 0 radical (unpaired) electrons. The van der Waals surface area contributed by atoms with Crippen LogP contribution >= 0.6 is 22.7 Å². The van der Waals surface area contributed by atoms with Gasteiger partial charge in [0.25, 0.3) is 5.91 Å². The fourth-order valence-electron chi connectivity index (χ4n) is 2.21. The third-order valence-corrected chi connectivity index (χ3v) is 4.86. The van der Waals surface area contributed by atoms with E-state index in [2.05, 4.69) is 4.98 Å². The van der Waals surface area contributed by atoms with Crippen LogP contribution in [0.5, 0.6) is 0 Å². The number of thiophene rings is 1. The molecule has 3 rings (SSSR count). The van der Waals surface area contributed by atoms with Crippen molar-refractivity contribution in [2.24, 2.45) is 0 Å². The number of hydrogen-bond donors (Lipinski definition) is 1. The Bertz CT molecular complexity index is 737. The van der Waals surface area contributed by atoms with Crippen molar-refractivity contribution in [1.29, 1.82) is 0 Å². The maximum absolute atomic E-state index is 12.5. The van der Waals surface area contributed by atoms with Gasteiger partial charge in [0.1, 0.15) is 4.83 Å². The first-order valence-electron chi connectivity index (χ1n) is 6.49. The van der Waals surface area contributed by atoms with Gasteiger partial charge in [0.15, 0.2) is 4.96 Å². The number of rotatable bonds is 5. The molecule has 0 aliphatic heterocycles. The van der Waals surface area contributed by atoms with Crippen LogP contribution in [-0.2, 0) is 0 Å². The van der Waals surface area contributed by atoms with Gasteiger partial charge in [-0.15, -0.1) is 22.7 Å². The molecule has 3 aromatic rings. The van der Waals surface area contributed by atoms with Gasteiger partial charge in [-0.25, -0.2) is 4.98 Å². The average Bonchev–Trinajstić information content (AvgIpc) is 3.08. The third kappa shape index (κ3) is 2.21. The van der Waals surface area contributed by atoms with Gasteiger partial charge < -0.3 is 10.0 Å². The van der Waals surface area contributed by atoms with Crippen molar-refractivity contribution in [3.05, 3.63) is 22.5 Å². The minimum atomic E-state index is -0.0205. The standard InChI is InChI=1S/C13H15N3O2S2/c1-2-3-15(4-6-17)12(18)10-8-9-11(20-10)14-13-16(9)5-7-19-13/h5,7-8,17H,2-4,6H2,1H3. The number of nitrogens with zero attached hydrogens (tertiary/aromatic N) is 3. The van der Waals surface area contributed by atoms with E-state index in [0.29, 0.717) is 18.0 Å². The van der Waals surface area contributed by atoms with Gasteiger partial charge in [-0.3, -0.25) is 9.20 Å². The minimum absolute atomic E-state index is 0.00929. The Labute approximate surface area is 124 Å². The summed E-state index contributed by atoms with van der Waals surface area (Å²) in [6, 6.07) is 1.90. The minimum Gasteiger partial charge on any atom is -0.395 e. The molecule has 20 heavy (non-hydrogen) atoms. The highest BCUT2D eigenvalue weighted by Crippen LogP contribution is 2.28. The fraction of sp³-hybridized carbons (Fsp3) is 0.385. The molecule has 0 aliphatic rings. The third-order valence-electron chi connectivity index (χ3n) is 3.10. The van der Waals surface area contributed by atoms with Gasteiger partial charge in [-0.1, -0.05) is 6.92 Å². The highest BCUT2D eigenvalue weighted by Gasteiger charge is 2.19. The van der Waals surface area contributed by atoms with Crippen LogP contribution in [0.15, 0.2) is 17.6 Å². The topological polar surface area (TPSA) is 57.8 Å². The number of thiazole rings is 1. The summed E-state index contributed by atoms with van der Waals surface area (Å²) in [5.74, 6) is -0.0205. The number of imidazole rings is 1. The summed E-state index contributed by atoms with van der Waals surface area (Å²) in [7, 11) is 0. The molecule has 0 unspecified atom stereocenters. The van der Waals surface area contributed by atoms with Gasteiger partial charge in [-0.05, 0) is 12.5 Å². The van der Waals surface area contributed by atoms with Gasteiger partial charge in [-0.2, -0.15) is 0 Å². The van der Waals surface area contributed by atoms with Crippen molar-refractivity contribution < 1.29 is 9.90 Å². The van der Waals surface area contributed by atoms with Gasteiger partial charge in [0.2, 0.25) is 0 Å². The highest BCUT2D eigenvalue weighted by molar-refractivity contribution is 7.21. The molecular formula is C13H15N3O2S2. The zero-order valence-electron chi connectivity index (χ0n) is 11.1. The molecule has 106 valence electrons. The van der Waals surface area contributed by atoms with E-state index in [0.717, 1.165) is 21.7 Å². The first kappa shape index (κ1) is 13.5. The number of amides is 1. The Hall–Kier alpha value is -1.44. The lowest BCUT2D eigenvalue weighted by molar-refractivity contribution is 0.0727.